The Labute approximate surface area is 160 Å². The molecule has 0 spiro atoms. The molecule has 0 unspecified atom stereocenters. The monoisotopic (exact) mass is 381 g/mol. The number of para-hydroxylation sites is 1. The average molecular weight is 382 g/mol. The molecule has 0 atom stereocenters. The molecule has 0 fully saturated rings. The summed E-state index contributed by atoms with van der Waals surface area (Å²) in [5.41, 5.74) is 4.06. The van der Waals surface area contributed by atoms with Gasteiger partial charge in [-0.15, -0.1) is 0 Å². The topological polar surface area (TPSA) is 64.0 Å². The van der Waals surface area contributed by atoms with Gasteiger partial charge < -0.3 is 0 Å². The molecule has 0 amide bonds. The van der Waals surface area contributed by atoms with Crippen molar-refractivity contribution < 1.29 is 8.42 Å². The van der Waals surface area contributed by atoms with Crippen LogP contribution in [0.1, 0.15) is 35.6 Å². The van der Waals surface area contributed by atoms with Gasteiger partial charge in [-0.25, -0.2) is 18.1 Å². The van der Waals surface area contributed by atoms with Gasteiger partial charge in [-0.3, -0.25) is 4.57 Å². The predicted molar refractivity (Wildman–Crippen MR) is 105 cm³/mol. The van der Waals surface area contributed by atoms with E-state index in [4.69, 9.17) is 4.98 Å². The molecule has 0 bridgehead atoms. The molecule has 0 saturated carbocycles. The maximum absolute atomic E-state index is 12.8. The smallest absolute Gasteiger partial charge is 0.241 e. The Hall–Kier alpha value is -2.44. The first kappa shape index (κ1) is 17.9. The van der Waals surface area contributed by atoms with Crippen molar-refractivity contribution in [3.63, 3.8) is 0 Å². The molecule has 5 nitrogen and oxygen atoms in total. The number of sulfonamides is 1. The molecular formula is C21H23N3O2S. The molecule has 6 heteroatoms. The van der Waals surface area contributed by atoms with E-state index in [2.05, 4.69) is 9.29 Å². The van der Waals surface area contributed by atoms with Crippen molar-refractivity contribution >= 4 is 10.0 Å². The molecule has 1 N–H and O–H groups in total. The van der Waals surface area contributed by atoms with Crippen LogP contribution in [0.2, 0.25) is 0 Å². The number of fused-ring (bicyclic) bond motifs is 1. The van der Waals surface area contributed by atoms with Crippen LogP contribution in [0.3, 0.4) is 0 Å². The third kappa shape index (κ3) is 3.55. The fourth-order valence-electron chi connectivity index (χ4n) is 3.69. The molecule has 3 aromatic rings. The summed E-state index contributed by atoms with van der Waals surface area (Å²) in [4.78, 5) is 5.09. The summed E-state index contributed by atoms with van der Waals surface area (Å²) in [6, 6.07) is 17.1. The minimum absolute atomic E-state index is 0.165. The van der Waals surface area contributed by atoms with Gasteiger partial charge in [-0.2, -0.15) is 0 Å². The number of benzene rings is 2. The Morgan fingerprint density at radius 1 is 1.00 bits per heavy atom. The number of rotatable bonds is 5. The standard InChI is InChI=1S/C21H23N3O2S/c1-16-9-5-8-14-20(16)27(25,26)22-15-21-23-18-12-6-7-13-19(18)24(21)17-10-3-2-4-11-17/h2-5,8-11,14,22H,6-7,12-13,15H2,1H3. The second-order valence-corrected chi connectivity index (χ2v) is 8.62. The number of nitrogens with zero attached hydrogens (tertiary/aromatic N) is 2. The van der Waals surface area contributed by atoms with Gasteiger partial charge >= 0.3 is 0 Å². The lowest BCUT2D eigenvalue weighted by atomic mass is 10.0. The van der Waals surface area contributed by atoms with E-state index in [1.165, 1.54) is 5.69 Å². The van der Waals surface area contributed by atoms with Gasteiger partial charge in [-0.1, -0.05) is 36.4 Å². The average Bonchev–Trinajstić information content (AvgIpc) is 3.06. The lowest BCUT2D eigenvalue weighted by Gasteiger charge is -2.16. The minimum Gasteiger partial charge on any atom is -0.299 e. The maximum atomic E-state index is 12.8. The van der Waals surface area contributed by atoms with Crippen molar-refractivity contribution in [3.05, 3.63) is 77.4 Å². The molecule has 1 heterocycles. The van der Waals surface area contributed by atoms with Crippen molar-refractivity contribution in [2.75, 3.05) is 0 Å². The molecule has 1 aromatic heterocycles. The van der Waals surface area contributed by atoms with Crippen LogP contribution < -0.4 is 4.72 Å². The zero-order valence-electron chi connectivity index (χ0n) is 15.4. The van der Waals surface area contributed by atoms with E-state index in [-0.39, 0.29) is 6.54 Å². The number of imidazole rings is 1. The van der Waals surface area contributed by atoms with Gasteiger partial charge in [0.25, 0.3) is 0 Å². The van der Waals surface area contributed by atoms with E-state index < -0.39 is 10.0 Å². The summed E-state index contributed by atoms with van der Waals surface area (Å²) in [6.45, 7) is 1.97. The summed E-state index contributed by atoms with van der Waals surface area (Å²) in [5.74, 6) is 0.741. The van der Waals surface area contributed by atoms with Crippen LogP contribution in [0.4, 0.5) is 0 Å². The highest BCUT2D eigenvalue weighted by molar-refractivity contribution is 7.89. The first-order chi connectivity index (χ1) is 13.1. The van der Waals surface area contributed by atoms with E-state index in [9.17, 15) is 8.42 Å². The van der Waals surface area contributed by atoms with Crippen LogP contribution in [-0.2, 0) is 29.4 Å². The van der Waals surface area contributed by atoms with Crippen LogP contribution >= 0.6 is 0 Å². The molecule has 140 valence electrons. The molecule has 0 radical (unpaired) electrons. The number of aryl methyl sites for hydroxylation is 2. The highest BCUT2D eigenvalue weighted by Crippen LogP contribution is 2.26. The SMILES string of the molecule is Cc1ccccc1S(=O)(=O)NCc1nc2c(n1-c1ccccc1)CCCC2. The van der Waals surface area contributed by atoms with Crippen LogP contribution in [-0.4, -0.2) is 18.0 Å². The van der Waals surface area contributed by atoms with Crippen molar-refractivity contribution in [2.45, 2.75) is 44.0 Å². The molecule has 1 aliphatic rings. The van der Waals surface area contributed by atoms with E-state index >= 15 is 0 Å². The molecule has 2 aromatic carbocycles. The van der Waals surface area contributed by atoms with Crippen LogP contribution in [0.15, 0.2) is 59.5 Å². The third-order valence-corrected chi connectivity index (χ3v) is 6.58. The van der Waals surface area contributed by atoms with Crippen molar-refractivity contribution in [1.29, 1.82) is 0 Å². The van der Waals surface area contributed by atoms with Gasteiger partial charge in [0.2, 0.25) is 10.0 Å². The van der Waals surface area contributed by atoms with E-state index in [0.717, 1.165) is 48.5 Å². The fraction of sp³-hybridized carbons (Fsp3) is 0.286. The zero-order valence-corrected chi connectivity index (χ0v) is 16.2. The summed E-state index contributed by atoms with van der Waals surface area (Å²) < 4.78 is 30.4. The fourth-order valence-corrected chi connectivity index (χ4v) is 4.92. The first-order valence-electron chi connectivity index (χ1n) is 9.26. The summed E-state index contributed by atoms with van der Waals surface area (Å²) in [7, 11) is -3.59. The lowest BCUT2D eigenvalue weighted by molar-refractivity contribution is 0.577. The van der Waals surface area contributed by atoms with Gasteiger partial charge in [0.1, 0.15) is 5.82 Å². The predicted octanol–water partition coefficient (Wildman–Crippen LogP) is 3.54. The largest absolute Gasteiger partial charge is 0.299 e. The normalized spacial score (nSPS) is 14.1. The van der Waals surface area contributed by atoms with Crippen LogP contribution in [0.5, 0.6) is 0 Å². The quantitative estimate of drug-likeness (QED) is 0.735. The first-order valence-corrected chi connectivity index (χ1v) is 10.7. The van der Waals surface area contributed by atoms with Crippen LogP contribution in [0, 0.1) is 6.92 Å². The minimum atomic E-state index is -3.59. The van der Waals surface area contributed by atoms with Crippen molar-refractivity contribution in [3.8, 4) is 5.69 Å². The molecule has 27 heavy (non-hydrogen) atoms. The summed E-state index contributed by atoms with van der Waals surface area (Å²) in [5, 5.41) is 0. The van der Waals surface area contributed by atoms with Gasteiger partial charge in [-0.05, 0) is 56.4 Å². The summed E-state index contributed by atoms with van der Waals surface area (Å²) >= 11 is 0. The van der Waals surface area contributed by atoms with Crippen molar-refractivity contribution in [1.82, 2.24) is 14.3 Å². The Kier molecular flexibility index (Phi) is 4.85. The van der Waals surface area contributed by atoms with Gasteiger partial charge in [0.15, 0.2) is 0 Å². The Bertz CT molecular complexity index is 1060. The highest BCUT2D eigenvalue weighted by atomic mass is 32.2. The summed E-state index contributed by atoms with van der Waals surface area (Å²) in [6.07, 6.45) is 4.20. The van der Waals surface area contributed by atoms with E-state index in [1.54, 1.807) is 25.1 Å². The molecular weight excluding hydrogens is 358 g/mol. The molecule has 0 aliphatic heterocycles. The number of nitrogens with one attached hydrogen (secondary N) is 1. The molecule has 4 rings (SSSR count). The Morgan fingerprint density at radius 3 is 2.48 bits per heavy atom. The highest BCUT2D eigenvalue weighted by Gasteiger charge is 2.23. The van der Waals surface area contributed by atoms with Gasteiger partial charge in [0.05, 0.1) is 17.1 Å². The number of aromatic nitrogens is 2. The Morgan fingerprint density at radius 2 is 1.70 bits per heavy atom. The Balaban J connectivity index is 1.69. The van der Waals surface area contributed by atoms with Crippen molar-refractivity contribution in [2.24, 2.45) is 0 Å². The van der Waals surface area contributed by atoms with Gasteiger partial charge in [0, 0.05) is 11.4 Å². The maximum Gasteiger partial charge on any atom is 0.241 e. The second kappa shape index (κ2) is 7.29. The second-order valence-electron chi connectivity index (χ2n) is 6.89. The number of hydrogen-bond donors (Lipinski definition) is 1. The van der Waals surface area contributed by atoms with Crippen LogP contribution in [0.25, 0.3) is 5.69 Å². The van der Waals surface area contributed by atoms with E-state index in [0.29, 0.717) is 4.90 Å². The third-order valence-electron chi connectivity index (χ3n) is 5.02. The zero-order chi connectivity index (χ0) is 18.9. The molecule has 0 saturated heterocycles. The number of hydrogen-bond acceptors (Lipinski definition) is 3. The lowest BCUT2D eigenvalue weighted by Crippen LogP contribution is -2.25. The molecule has 1 aliphatic carbocycles. The van der Waals surface area contributed by atoms with E-state index in [1.807, 2.05) is 36.4 Å².